The standard InChI is InChI=1S/C18H22FN5O/c1-22-9-10-23(16-5-4-13(19)11-17(16)22)18(25)15-6-8-24(21-15)14-3-2-7-20-12-14/h4-6,8,11,14,20H,2-3,7,9-10,12H2,1H3. The van der Waals surface area contributed by atoms with E-state index in [1.54, 1.807) is 17.0 Å². The van der Waals surface area contributed by atoms with Crippen molar-refractivity contribution in [2.75, 3.05) is 43.0 Å². The minimum atomic E-state index is -0.297. The smallest absolute Gasteiger partial charge is 0.278 e. The van der Waals surface area contributed by atoms with Gasteiger partial charge in [0, 0.05) is 32.9 Å². The number of carbonyl (C=O) groups excluding carboxylic acids is 1. The Morgan fingerprint density at radius 1 is 1.28 bits per heavy atom. The molecule has 3 heterocycles. The Balaban J connectivity index is 1.59. The van der Waals surface area contributed by atoms with Crippen LogP contribution in [0.5, 0.6) is 0 Å². The van der Waals surface area contributed by atoms with Crippen LogP contribution in [-0.2, 0) is 0 Å². The van der Waals surface area contributed by atoms with Gasteiger partial charge in [0.2, 0.25) is 0 Å². The number of piperidine rings is 1. The average Bonchev–Trinajstić information content (AvgIpc) is 3.13. The third kappa shape index (κ3) is 3.00. The Morgan fingerprint density at radius 3 is 2.96 bits per heavy atom. The second kappa shape index (κ2) is 6.48. The van der Waals surface area contributed by atoms with Crippen molar-refractivity contribution < 1.29 is 9.18 Å². The minimum Gasteiger partial charge on any atom is -0.371 e. The van der Waals surface area contributed by atoms with Gasteiger partial charge < -0.3 is 15.1 Å². The predicted molar refractivity (Wildman–Crippen MR) is 94.7 cm³/mol. The lowest BCUT2D eigenvalue weighted by atomic mass is 10.1. The first-order chi connectivity index (χ1) is 12.1. The summed E-state index contributed by atoms with van der Waals surface area (Å²) in [6, 6.07) is 6.61. The highest BCUT2D eigenvalue weighted by molar-refractivity contribution is 6.07. The van der Waals surface area contributed by atoms with Gasteiger partial charge in [-0.2, -0.15) is 5.10 Å². The summed E-state index contributed by atoms with van der Waals surface area (Å²) in [5, 5.41) is 7.88. The summed E-state index contributed by atoms with van der Waals surface area (Å²) < 4.78 is 15.5. The highest BCUT2D eigenvalue weighted by atomic mass is 19.1. The fourth-order valence-electron chi connectivity index (χ4n) is 3.59. The van der Waals surface area contributed by atoms with Gasteiger partial charge in [-0.15, -0.1) is 0 Å². The number of carbonyl (C=O) groups is 1. The summed E-state index contributed by atoms with van der Waals surface area (Å²) in [5.74, 6) is -0.433. The molecule has 7 heteroatoms. The van der Waals surface area contributed by atoms with Crippen molar-refractivity contribution in [3.05, 3.63) is 42.0 Å². The van der Waals surface area contributed by atoms with Crippen LogP contribution in [0.15, 0.2) is 30.5 Å². The molecule has 1 atom stereocenters. The van der Waals surface area contributed by atoms with Crippen molar-refractivity contribution in [3.8, 4) is 0 Å². The van der Waals surface area contributed by atoms with Crippen LogP contribution in [0.4, 0.5) is 15.8 Å². The first kappa shape index (κ1) is 16.1. The molecule has 0 bridgehead atoms. The molecular formula is C18H22FN5O. The van der Waals surface area contributed by atoms with Crippen molar-refractivity contribution in [2.24, 2.45) is 0 Å². The molecule has 0 aliphatic carbocycles. The Labute approximate surface area is 146 Å². The van der Waals surface area contributed by atoms with E-state index in [2.05, 4.69) is 10.4 Å². The third-order valence-electron chi connectivity index (χ3n) is 5.02. The molecule has 2 aliphatic heterocycles. The quantitative estimate of drug-likeness (QED) is 0.907. The summed E-state index contributed by atoms with van der Waals surface area (Å²) in [4.78, 5) is 16.6. The topological polar surface area (TPSA) is 53.4 Å². The molecule has 132 valence electrons. The molecule has 1 aromatic carbocycles. The van der Waals surface area contributed by atoms with E-state index < -0.39 is 0 Å². The van der Waals surface area contributed by atoms with Crippen LogP contribution in [0.1, 0.15) is 29.4 Å². The Kier molecular flexibility index (Phi) is 4.17. The number of aromatic nitrogens is 2. The lowest BCUT2D eigenvalue weighted by Gasteiger charge is -2.35. The van der Waals surface area contributed by atoms with E-state index in [9.17, 15) is 9.18 Å². The van der Waals surface area contributed by atoms with E-state index in [-0.39, 0.29) is 11.7 Å². The van der Waals surface area contributed by atoms with E-state index in [0.29, 0.717) is 24.8 Å². The molecule has 0 radical (unpaired) electrons. The van der Waals surface area contributed by atoms with Gasteiger partial charge in [-0.1, -0.05) is 0 Å². The minimum absolute atomic E-state index is 0.136. The maximum Gasteiger partial charge on any atom is 0.278 e. The molecule has 2 aromatic rings. The van der Waals surface area contributed by atoms with Crippen LogP contribution in [-0.4, -0.2) is 48.9 Å². The predicted octanol–water partition coefficient (Wildman–Crippen LogP) is 2.04. The summed E-state index contributed by atoms with van der Waals surface area (Å²) in [5.41, 5.74) is 1.90. The van der Waals surface area contributed by atoms with Gasteiger partial charge in [0.25, 0.3) is 5.91 Å². The number of likely N-dealkylation sites (N-methyl/N-ethyl adjacent to an activating group) is 1. The van der Waals surface area contributed by atoms with Crippen molar-refractivity contribution in [2.45, 2.75) is 18.9 Å². The Morgan fingerprint density at radius 2 is 2.16 bits per heavy atom. The molecule has 1 aromatic heterocycles. The summed E-state index contributed by atoms with van der Waals surface area (Å²) in [7, 11) is 1.91. The van der Waals surface area contributed by atoms with E-state index in [1.165, 1.54) is 12.1 Å². The molecular weight excluding hydrogens is 321 g/mol. The van der Waals surface area contributed by atoms with E-state index >= 15 is 0 Å². The number of nitrogens with zero attached hydrogens (tertiary/aromatic N) is 4. The molecule has 1 amide bonds. The number of hydrogen-bond acceptors (Lipinski definition) is 4. The van der Waals surface area contributed by atoms with Crippen LogP contribution in [0, 0.1) is 5.82 Å². The normalized spacial score (nSPS) is 20.5. The second-order valence-corrected chi connectivity index (χ2v) is 6.69. The van der Waals surface area contributed by atoms with Gasteiger partial charge >= 0.3 is 0 Å². The maximum absolute atomic E-state index is 13.6. The van der Waals surface area contributed by atoms with Crippen LogP contribution in [0.25, 0.3) is 0 Å². The highest BCUT2D eigenvalue weighted by Gasteiger charge is 2.28. The number of nitrogens with one attached hydrogen (secondary N) is 1. The SMILES string of the molecule is CN1CCN(C(=O)c2ccn(C3CCCNC3)n2)c2ccc(F)cc21. The number of halogens is 1. The van der Waals surface area contributed by atoms with Gasteiger partial charge in [-0.05, 0) is 43.7 Å². The van der Waals surface area contributed by atoms with Gasteiger partial charge in [-0.25, -0.2) is 4.39 Å². The Bertz CT molecular complexity index is 784. The lowest BCUT2D eigenvalue weighted by molar-refractivity contribution is 0.0980. The highest BCUT2D eigenvalue weighted by Crippen LogP contribution is 2.33. The monoisotopic (exact) mass is 343 g/mol. The molecule has 25 heavy (non-hydrogen) atoms. The molecule has 1 N–H and O–H groups in total. The third-order valence-corrected chi connectivity index (χ3v) is 5.02. The van der Waals surface area contributed by atoms with Gasteiger partial charge in [0.15, 0.2) is 5.69 Å². The summed E-state index contributed by atoms with van der Waals surface area (Å²) in [6.07, 6.45) is 4.07. The largest absolute Gasteiger partial charge is 0.371 e. The molecule has 0 spiro atoms. The van der Waals surface area contributed by atoms with Crippen LogP contribution in [0.3, 0.4) is 0 Å². The van der Waals surface area contributed by atoms with E-state index in [1.807, 2.05) is 22.8 Å². The molecule has 0 saturated carbocycles. The average molecular weight is 343 g/mol. The zero-order valence-corrected chi connectivity index (χ0v) is 14.3. The number of rotatable bonds is 2. The summed E-state index contributed by atoms with van der Waals surface area (Å²) >= 11 is 0. The fourth-order valence-corrected chi connectivity index (χ4v) is 3.59. The molecule has 4 rings (SSSR count). The number of fused-ring (bicyclic) bond motifs is 1. The second-order valence-electron chi connectivity index (χ2n) is 6.69. The zero-order chi connectivity index (χ0) is 17.4. The van der Waals surface area contributed by atoms with E-state index in [0.717, 1.165) is 37.3 Å². The van der Waals surface area contributed by atoms with Crippen molar-refractivity contribution in [1.29, 1.82) is 0 Å². The maximum atomic E-state index is 13.6. The molecule has 1 fully saturated rings. The van der Waals surface area contributed by atoms with Crippen molar-refractivity contribution >= 4 is 17.3 Å². The number of anilines is 2. The van der Waals surface area contributed by atoms with Crippen LogP contribution in [0.2, 0.25) is 0 Å². The number of hydrogen-bond donors (Lipinski definition) is 1. The fraction of sp³-hybridized carbons (Fsp3) is 0.444. The van der Waals surface area contributed by atoms with E-state index in [4.69, 9.17) is 0 Å². The van der Waals surface area contributed by atoms with Crippen LogP contribution < -0.4 is 15.1 Å². The molecule has 6 nitrogen and oxygen atoms in total. The van der Waals surface area contributed by atoms with Crippen LogP contribution >= 0.6 is 0 Å². The molecule has 1 saturated heterocycles. The molecule has 1 unspecified atom stereocenters. The van der Waals surface area contributed by atoms with Crippen molar-refractivity contribution in [1.82, 2.24) is 15.1 Å². The number of amides is 1. The van der Waals surface area contributed by atoms with Gasteiger partial charge in [0.05, 0.1) is 17.4 Å². The van der Waals surface area contributed by atoms with Crippen molar-refractivity contribution in [3.63, 3.8) is 0 Å². The first-order valence-corrected chi connectivity index (χ1v) is 8.72. The Hall–Kier alpha value is -2.41. The number of benzene rings is 1. The lowest BCUT2D eigenvalue weighted by Crippen LogP contribution is -2.43. The zero-order valence-electron chi connectivity index (χ0n) is 14.3. The first-order valence-electron chi connectivity index (χ1n) is 8.72. The van der Waals surface area contributed by atoms with Gasteiger partial charge in [-0.3, -0.25) is 9.48 Å². The van der Waals surface area contributed by atoms with Gasteiger partial charge in [0.1, 0.15) is 5.82 Å². The summed E-state index contributed by atoms with van der Waals surface area (Å²) in [6.45, 7) is 3.14. The molecule has 2 aliphatic rings.